The average Bonchev–Trinajstić information content (AvgIpc) is 2.33. The minimum atomic E-state index is -1.28. The van der Waals surface area contributed by atoms with Gasteiger partial charge in [-0.25, -0.2) is 8.78 Å². The van der Waals surface area contributed by atoms with Crippen molar-refractivity contribution < 1.29 is 28.2 Å². The van der Waals surface area contributed by atoms with Crippen LogP contribution in [0, 0.1) is 11.6 Å². The summed E-state index contributed by atoms with van der Waals surface area (Å²) in [5.74, 6) is -4.35. The fourth-order valence-corrected chi connectivity index (χ4v) is 1.48. The van der Waals surface area contributed by atoms with Crippen LogP contribution in [-0.2, 0) is 9.53 Å². The van der Waals surface area contributed by atoms with E-state index in [1.54, 1.807) is 0 Å². The van der Waals surface area contributed by atoms with E-state index in [1.807, 2.05) is 0 Å². The summed E-state index contributed by atoms with van der Waals surface area (Å²) in [6.45, 7) is -0.666. The lowest BCUT2D eigenvalue weighted by Gasteiger charge is -2.20. The molecule has 0 radical (unpaired) electrons. The number of carbonyl (C=O) groups is 2. The fraction of sp³-hybridized carbons (Fsp3) is 0.333. The van der Waals surface area contributed by atoms with E-state index < -0.39 is 35.6 Å². The number of hydrogen-bond donors (Lipinski definition) is 1. The number of benzene rings is 1. The zero-order chi connectivity index (χ0) is 14.4. The van der Waals surface area contributed by atoms with Gasteiger partial charge in [0.1, 0.15) is 23.7 Å². The molecule has 7 heteroatoms. The zero-order valence-corrected chi connectivity index (χ0v) is 10.2. The average molecular weight is 273 g/mol. The summed E-state index contributed by atoms with van der Waals surface area (Å²) in [6.07, 6.45) is 0. The second-order valence-corrected chi connectivity index (χ2v) is 3.71. The highest BCUT2D eigenvalue weighted by molar-refractivity contribution is 5.96. The van der Waals surface area contributed by atoms with E-state index in [0.29, 0.717) is 0 Å². The van der Waals surface area contributed by atoms with E-state index in [2.05, 4.69) is 0 Å². The topological polar surface area (TPSA) is 66.8 Å². The SMILES string of the molecule is COCCN(CC(=O)O)C(=O)c1c(F)cccc1F. The highest BCUT2D eigenvalue weighted by Gasteiger charge is 2.24. The van der Waals surface area contributed by atoms with E-state index in [0.717, 1.165) is 23.1 Å². The smallest absolute Gasteiger partial charge is 0.323 e. The van der Waals surface area contributed by atoms with E-state index >= 15 is 0 Å². The van der Waals surface area contributed by atoms with Crippen molar-refractivity contribution in [3.05, 3.63) is 35.4 Å². The normalized spacial score (nSPS) is 10.3. The van der Waals surface area contributed by atoms with Crippen LogP contribution in [0.25, 0.3) is 0 Å². The number of hydrogen-bond acceptors (Lipinski definition) is 3. The first-order chi connectivity index (χ1) is 8.97. The maximum Gasteiger partial charge on any atom is 0.323 e. The first-order valence-corrected chi connectivity index (χ1v) is 5.41. The third kappa shape index (κ3) is 3.99. The molecule has 0 saturated heterocycles. The van der Waals surface area contributed by atoms with Crippen molar-refractivity contribution >= 4 is 11.9 Å². The van der Waals surface area contributed by atoms with Gasteiger partial charge < -0.3 is 14.7 Å². The maximum absolute atomic E-state index is 13.5. The molecule has 0 aliphatic carbocycles. The molecule has 1 amide bonds. The van der Waals surface area contributed by atoms with Gasteiger partial charge in [-0.2, -0.15) is 0 Å². The minimum Gasteiger partial charge on any atom is -0.480 e. The minimum absolute atomic E-state index is 0.0646. The lowest BCUT2D eigenvalue weighted by atomic mass is 10.1. The number of rotatable bonds is 6. The Morgan fingerprint density at radius 2 is 1.89 bits per heavy atom. The first kappa shape index (κ1) is 15.0. The molecule has 0 spiro atoms. The fourth-order valence-electron chi connectivity index (χ4n) is 1.48. The van der Waals surface area contributed by atoms with Crippen LogP contribution in [0.5, 0.6) is 0 Å². The predicted molar refractivity (Wildman–Crippen MR) is 61.8 cm³/mol. The lowest BCUT2D eigenvalue weighted by molar-refractivity contribution is -0.137. The van der Waals surface area contributed by atoms with Crippen molar-refractivity contribution in [3.63, 3.8) is 0 Å². The summed E-state index contributed by atoms with van der Waals surface area (Å²) in [6, 6.07) is 3.00. The summed E-state index contributed by atoms with van der Waals surface area (Å²) in [5, 5.41) is 8.70. The second-order valence-electron chi connectivity index (χ2n) is 3.71. The van der Waals surface area contributed by atoms with Gasteiger partial charge in [0.2, 0.25) is 0 Å². The molecular weight excluding hydrogens is 260 g/mol. The number of ether oxygens (including phenoxy) is 1. The third-order valence-corrected chi connectivity index (χ3v) is 2.36. The molecule has 0 aliphatic heterocycles. The van der Waals surface area contributed by atoms with Crippen LogP contribution in [0.4, 0.5) is 8.78 Å². The monoisotopic (exact) mass is 273 g/mol. The number of aliphatic carboxylic acids is 1. The van der Waals surface area contributed by atoms with Gasteiger partial charge in [0, 0.05) is 13.7 Å². The van der Waals surface area contributed by atoms with Gasteiger partial charge in [-0.05, 0) is 12.1 Å². The number of halogens is 2. The van der Waals surface area contributed by atoms with E-state index in [4.69, 9.17) is 9.84 Å². The van der Waals surface area contributed by atoms with Crippen molar-refractivity contribution in [2.45, 2.75) is 0 Å². The summed E-state index contributed by atoms with van der Waals surface area (Å²) in [7, 11) is 1.37. The van der Waals surface area contributed by atoms with Crippen LogP contribution in [0.15, 0.2) is 18.2 Å². The summed E-state index contributed by atoms with van der Waals surface area (Å²) < 4.78 is 31.6. The largest absolute Gasteiger partial charge is 0.480 e. The maximum atomic E-state index is 13.5. The molecular formula is C12H13F2NO4. The number of carboxylic acid groups (broad SMARTS) is 1. The van der Waals surface area contributed by atoms with E-state index in [9.17, 15) is 18.4 Å². The lowest BCUT2D eigenvalue weighted by Crippen LogP contribution is -2.38. The number of carboxylic acids is 1. The molecule has 5 nitrogen and oxygen atoms in total. The summed E-state index contributed by atoms with van der Waals surface area (Å²) >= 11 is 0. The Balaban J connectivity index is 3.01. The molecule has 0 saturated carbocycles. The third-order valence-electron chi connectivity index (χ3n) is 2.36. The Labute approximate surface area is 108 Å². The number of carbonyl (C=O) groups excluding carboxylic acids is 1. The highest BCUT2D eigenvalue weighted by atomic mass is 19.1. The molecule has 0 atom stereocenters. The summed E-state index contributed by atoms with van der Waals surface area (Å²) in [5.41, 5.74) is -0.764. The quantitative estimate of drug-likeness (QED) is 0.844. The van der Waals surface area contributed by atoms with Gasteiger partial charge in [0.05, 0.1) is 6.61 Å². The van der Waals surface area contributed by atoms with Crippen LogP contribution in [0.1, 0.15) is 10.4 Å². The first-order valence-electron chi connectivity index (χ1n) is 5.41. The van der Waals surface area contributed by atoms with Crippen molar-refractivity contribution in [1.29, 1.82) is 0 Å². The second kappa shape index (κ2) is 6.79. The Morgan fingerprint density at radius 3 is 2.37 bits per heavy atom. The van der Waals surface area contributed by atoms with E-state index in [1.165, 1.54) is 7.11 Å². The van der Waals surface area contributed by atoms with Crippen LogP contribution in [0.2, 0.25) is 0 Å². The number of nitrogens with zero attached hydrogens (tertiary/aromatic N) is 1. The van der Waals surface area contributed by atoms with Gasteiger partial charge in [-0.3, -0.25) is 9.59 Å². The Kier molecular flexibility index (Phi) is 5.37. The van der Waals surface area contributed by atoms with Crippen LogP contribution in [-0.4, -0.2) is 48.7 Å². The van der Waals surface area contributed by atoms with Crippen LogP contribution >= 0.6 is 0 Å². The molecule has 1 N–H and O–H groups in total. The molecule has 0 fully saturated rings. The number of methoxy groups -OCH3 is 1. The highest BCUT2D eigenvalue weighted by Crippen LogP contribution is 2.14. The zero-order valence-electron chi connectivity index (χ0n) is 10.2. The van der Waals surface area contributed by atoms with Crippen molar-refractivity contribution in [1.82, 2.24) is 4.90 Å². The molecule has 1 aromatic rings. The Hall–Kier alpha value is -2.02. The predicted octanol–water partition coefficient (Wildman–Crippen LogP) is 1.14. The molecule has 0 aromatic heterocycles. The van der Waals surface area contributed by atoms with Gasteiger partial charge in [0.15, 0.2) is 0 Å². The molecule has 1 aromatic carbocycles. The van der Waals surface area contributed by atoms with Gasteiger partial charge >= 0.3 is 5.97 Å². The molecule has 0 aliphatic rings. The molecule has 0 heterocycles. The van der Waals surface area contributed by atoms with Crippen molar-refractivity contribution in [3.8, 4) is 0 Å². The number of amides is 1. The van der Waals surface area contributed by atoms with Crippen LogP contribution in [0.3, 0.4) is 0 Å². The molecule has 1 rings (SSSR count). The van der Waals surface area contributed by atoms with Crippen molar-refractivity contribution in [2.75, 3.05) is 26.8 Å². The Bertz CT molecular complexity index is 459. The summed E-state index contributed by atoms with van der Waals surface area (Å²) in [4.78, 5) is 23.4. The standard InChI is InChI=1S/C12H13F2NO4/c1-19-6-5-15(7-10(16)17)12(18)11-8(13)3-2-4-9(11)14/h2-4H,5-7H2,1H3,(H,16,17). The molecule has 0 unspecified atom stereocenters. The molecule has 104 valence electrons. The Morgan fingerprint density at radius 1 is 1.32 bits per heavy atom. The van der Waals surface area contributed by atoms with Gasteiger partial charge in [-0.15, -0.1) is 0 Å². The molecule has 0 bridgehead atoms. The van der Waals surface area contributed by atoms with Crippen molar-refractivity contribution in [2.24, 2.45) is 0 Å². The van der Waals surface area contributed by atoms with Gasteiger partial charge in [0.25, 0.3) is 5.91 Å². The molecule has 19 heavy (non-hydrogen) atoms. The van der Waals surface area contributed by atoms with Crippen LogP contribution < -0.4 is 0 Å². The van der Waals surface area contributed by atoms with Gasteiger partial charge in [-0.1, -0.05) is 6.07 Å². The van der Waals surface area contributed by atoms with E-state index in [-0.39, 0.29) is 13.2 Å².